The number of hydrogen-bond acceptors (Lipinski definition) is 2. The molecular formula is C5H12NO2S-. The summed E-state index contributed by atoms with van der Waals surface area (Å²) in [6.07, 6.45) is 2.71. The Hall–Kier alpha value is -0.0900. The quantitative estimate of drug-likeness (QED) is 0.458. The van der Waals surface area contributed by atoms with Crippen LogP contribution in [0.3, 0.4) is 0 Å². The summed E-state index contributed by atoms with van der Waals surface area (Å²) >= 11 is 0. The lowest BCUT2D eigenvalue weighted by Gasteiger charge is -1.99. The average molecular weight is 150 g/mol. The molecular weight excluding hydrogens is 138 g/mol. The van der Waals surface area contributed by atoms with E-state index in [-0.39, 0.29) is 0 Å². The molecule has 0 spiro atoms. The Morgan fingerprint density at radius 3 is 2.44 bits per heavy atom. The van der Waals surface area contributed by atoms with Gasteiger partial charge in [0, 0.05) is 6.54 Å². The molecule has 0 radical (unpaired) electrons. The minimum absolute atomic E-state index is 0.502. The van der Waals surface area contributed by atoms with Crippen LogP contribution in [-0.4, -0.2) is 21.2 Å². The largest absolute Gasteiger partial charge is 0.343 e. The number of rotatable bonds is 4. The van der Waals surface area contributed by atoms with E-state index in [1.165, 1.54) is 0 Å². The van der Waals surface area contributed by atoms with Gasteiger partial charge in [0.2, 0.25) is 10.0 Å². The molecule has 0 heterocycles. The summed E-state index contributed by atoms with van der Waals surface area (Å²) < 4.78 is 23.1. The van der Waals surface area contributed by atoms with Gasteiger partial charge in [-0.2, -0.15) is 6.42 Å². The maximum Gasteiger partial charge on any atom is 0.208 e. The van der Waals surface area contributed by atoms with E-state index in [4.69, 9.17) is 0 Å². The monoisotopic (exact) mass is 150 g/mol. The zero-order valence-electron chi connectivity index (χ0n) is 5.55. The molecule has 0 rings (SSSR count). The molecule has 0 aromatic carbocycles. The predicted molar refractivity (Wildman–Crippen MR) is 37.4 cm³/mol. The summed E-state index contributed by atoms with van der Waals surface area (Å²) in [4.78, 5) is 0. The highest BCUT2D eigenvalue weighted by Crippen LogP contribution is 1.83. The Balaban J connectivity index is 3.30. The molecule has 0 aliphatic heterocycles. The van der Waals surface area contributed by atoms with Crippen molar-refractivity contribution in [3.63, 3.8) is 0 Å². The fourth-order valence-corrected chi connectivity index (χ4v) is 0.898. The molecule has 0 saturated carbocycles. The van der Waals surface area contributed by atoms with Crippen LogP contribution in [-0.2, 0) is 10.0 Å². The summed E-state index contributed by atoms with van der Waals surface area (Å²) in [5, 5.41) is 0. The normalized spacial score (nSPS) is 11.8. The SMILES string of the molecule is [CH2-]CCCNS(C)(=O)=O. The summed E-state index contributed by atoms with van der Waals surface area (Å²) in [5.74, 6) is 0. The minimum Gasteiger partial charge on any atom is -0.343 e. The molecule has 0 atom stereocenters. The minimum atomic E-state index is -2.97. The van der Waals surface area contributed by atoms with E-state index in [1.807, 2.05) is 0 Å². The van der Waals surface area contributed by atoms with Crippen LogP contribution in [0.2, 0.25) is 0 Å². The molecule has 0 aliphatic carbocycles. The van der Waals surface area contributed by atoms with E-state index in [0.29, 0.717) is 6.54 Å². The third kappa shape index (κ3) is 7.91. The molecule has 0 fully saturated rings. The van der Waals surface area contributed by atoms with Crippen LogP contribution >= 0.6 is 0 Å². The fraction of sp³-hybridized carbons (Fsp3) is 0.800. The maximum atomic E-state index is 10.4. The first kappa shape index (κ1) is 8.91. The predicted octanol–water partition coefficient (Wildman–Crippen LogP) is 0.150. The highest BCUT2D eigenvalue weighted by atomic mass is 32.2. The van der Waals surface area contributed by atoms with Crippen LogP contribution in [0.1, 0.15) is 12.8 Å². The molecule has 0 bridgehead atoms. The maximum absolute atomic E-state index is 10.4. The second-order valence-electron chi connectivity index (χ2n) is 1.87. The van der Waals surface area contributed by atoms with Crippen LogP contribution < -0.4 is 4.72 Å². The van der Waals surface area contributed by atoms with Crippen molar-refractivity contribution in [3.05, 3.63) is 6.92 Å². The lowest BCUT2D eigenvalue weighted by molar-refractivity contribution is 0.585. The third-order valence-corrected chi connectivity index (χ3v) is 1.52. The van der Waals surface area contributed by atoms with Gasteiger partial charge in [-0.25, -0.2) is 13.1 Å². The van der Waals surface area contributed by atoms with Gasteiger partial charge in [0.05, 0.1) is 6.26 Å². The van der Waals surface area contributed by atoms with E-state index in [2.05, 4.69) is 11.6 Å². The van der Waals surface area contributed by atoms with Gasteiger partial charge in [-0.15, -0.1) is 0 Å². The van der Waals surface area contributed by atoms with E-state index in [1.54, 1.807) is 0 Å². The third-order valence-electron chi connectivity index (χ3n) is 0.791. The molecule has 0 aromatic heterocycles. The molecule has 0 aliphatic rings. The fourth-order valence-electron chi connectivity index (χ4n) is 0.383. The van der Waals surface area contributed by atoms with E-state index in [0.717, 1.165) is 19.1 Å². The molecule has 0 amide bonds. The van der Waals surface area contributed by atoms with Gasteiger partial charge in [-0.05, 0) is 0 Å². The van der Waals surface area contributed by atoms with Crippen molar-refractivity contribution >= 4 is 10.0 Å². The number of nitrogens with one attached hydrogen (secondary N) is 1. The second kappa shape index (κ2) is 3.85. The smallest absolute Gasteiger partial charge is 0.208 e. The molecule has 56 valence electrons. The second-order valence-corrected chi connectivity index (χ2v) is 3.71. The zero-order chi connectivity index (χ0) is 7.33. The number of unbranched alkanes of at least 4 members (excludes halogenated alkanes) is 1. The van der Waals surface area contributed by atoms with Gasteiger partial charge in [0.1, 0.15) is 0 Å². The van der Waals surface area contributed by atoms with Gasteiger partial charge >= 0.3 is 0 Å². The van der Waals surface area contributed by atoms with Crippen molar-refractivity contribution in [1.82, 2.24) is 4.72 Å². The van der Waals surface area contributed by atoms with Crippen LogP contribution in [0.4, 0.5) is 0 Å². The van der Waals surface area contributed by atoms with E-state index < -0.39 is 10.0 Å². The zero-order valence-corrected chi connectivity index (χ0v) is 6.37. The molecule has 9 heavy (non-hydrogen) atoms. The lowest BCUT2D eigenvalue weighted by Crippen LogP contribution is -2.22. The van der Waals surface area contributed by atoms with Gasteiger partial charge in [0.25, 0.3) is 0 Å². The van der Waals surface area contributed by atoms with Crippen LogP contribution in [0.25, 0.3) is 0 Å². The summed E-state index contributed by atoms with van der Waals surface area (Å²) in [6.45, 7) is 4.07. The Kier molecular flexibility index (Phi) is 3.81. The van der Waals surface area contributed by atoms with Crippen molar-refractivity contribution in [1.29, 1.82) is 0 Å². The van der Waals surface area contributed by atoms with Crippen molar-refractivity contribution < 1.29 is 8.42 Å². The molecule has 1 N–H and O–H groups in total. The molecule has 0 aromatic rings. The number of sulfonamides is 1. The lowest BCUT2D eigenvalue weighted by atomic mass is 10.3. The highest BCUT2D eigenvalue weighted by Gasteiger charge is 1.95. The van der Waals surface area contributed by atoms with E-state index >= 15 is 0 Å². The number of hydrogen-bond donors (Lipinski definition) is 1. The Morgan fingerprint density at radius 1 is 1.56 bits per heavy atom. The summed E-state index contributed by atoms with van der Waals surface area (Å²) in [6, 6.07) is 0. The van der Waals surface area contributed by atoms with Crippen molar-refractivity contribution in [2.45, 2.75) is 12.8 Å². The van der Waals surface area contributed by atoms with Crippen LogP contribution in [0.5, 0.6) is 0 Å². The van der Waals surface area contributed by atoms with Crippen LogP contribution in [0, 0.1) is 6.92 Å². The van der Waals surface area contributed by atoms with Crippen LogP contribution in [0.15, 0.2) is 0 Å². The van der Waals surface area contributed by atoms with E-state index in [9.17, 15) is 8.42 Å². The molecule has 3 nitrogen and oxygen atoms in total. The van der Waals surface area contributed by atoms with Crippen molar-refractivity contribution in [2.75, 3.05) is 12.8 Å². The highest BCUT2D eigenvalue weighted by molar-refractivity contribution is 7.88. The molecule has 0 saturated heterocycles. The van der Waals surface area contributed by atoms with Gasteiger partial charge in [-0.1, -0.05) is 6.42 Å². The Bertz CT molecular complexity index is 150. The first-order chi connectivity index (χ1) is 4.06. The van der Waals surface area contributed by atoms with Gasteiger partial charge < -0.3 is 6.92 Å². The topological polar surface area (TPSA) is 46.2 Å². The van der Waals surface area contributed by atoms with Crippen molar-refractivity contribution in [2.24, 2.45) is 0 Å². The first-order valence-corrected chi connectivity index (χ1v) is 4.69. The average Bonchev–Trinajstić information content (AvgIpc) is 1.63. The summed E-state index contributed by atoms with van der Waals surface area (Å²) in [5.41, 5.74) is 0. The standard InChI is InChI=1S/C5H12NO2S/c1-3-4-5-6-9(2,7)8/h6H,1,3-5H2,2H3/q-1. The van der Waals surface area contributed by atoms with Crippen molar-refractivity contribution in [3.8, 4) is 0 Å². The Labute approximate surface area is 56.5 Å². The summed E-state index contributed by atoms with van der Waals surface area (Å²) in [7, 11) is -2.97. The Morgan fingerprint density at radius 2 is 2.11 bits per heavy atom. The van der Waals surface area contributed by atoms with Gasteiger partial charge in [0.15, 0.2) is 0 Å². The molecule has 4 heteroatoms. The first-order valence-electron chi connectivity index (χ1n) is 2.80. The molecule has 0 unspecified atom stereocenters. The van der Waals surface area contributed by atoms with Gasteiger partial charge in [-0.3, -0.25) is 0 Å².